The fraction of sp³-hybridized carbons (Fsp3) is 0.0870. The number of aliphatic hydroxyl groups excluding tert-OH is 1. The molecule has 1 fully saturated rings. The van der Waals surface area contributed by atoms with Crippen LogP contribution in [0.25, 0.3) is 5.76 Å². The molecule has 1 aliphatic heterocycles. The minimum atomic E-state index is -1.17. The Kier molecular flexibility index (Phi) is 5.21. The highest BCUT2D eigenvalue weighted by Gasteiger charge is 2.47. The van der Waals surface area contributed by atoms with E-state index in [0.29, 0.717) is 11.3 Å². The normalized spacial score (nSPS) is 17.8. The van der Waals surface area contributed by atoms with Crippen LogP contribution >= 0.6 is 0 Å². The predicted octanol–water partition coefficient (Wildman–Crippen LogP) is 3.99. The zero-order valence-electron chi connectivity index (χ0n) is 16.3. The third-order valence-corrected chi connectivity index (χ3v) is 4.99. The standard InChI is InChI=1S/C23H16F2N2O4/c1-31-18-7-3-2-6-15(18)21(28)19-20(13-5-4-10-26-12-13)27(23(30)22(19)29)14-8-9-16(24)17(25)11-14/h2-12,20,28H,1H3/b21-19+. The molecule has 4 rings (SSSR count). The molecule has 0 radical (unpaired) electrons. The second-order valence-corrected chi connectivity index (χ2v) is 6.75. The van der Waals surface area contributed by atoms with E-state index in [4.69, 9.17) is 4.74 Å². The number of halogens is 2. The lowest BCUT2D eigenvalue weighted by Gasteiger charge is -2.25. The van der Waals surface area contributed by atoms with Crippen LogP contribution in [0.3, 0.4) is 0 Å². The topological polar surface area (TPSA) is 79.7 Å². The molecule has 1 aromatic heterocycles. The highest BCUT2D eigenvalue weighted by molar-refractivity contribution is 6.51. The molecule has 2 aromatic carbocycles. The number of aliphatic hydroxyl groups is 1. The third kappa shape index (κ3) is 3.42. The summed E-state index contributed by atoms with van der Waals surface area (Å²) in [7, 11) is 1.41. The zero-order chi connectivity index (χ0) is 22.1. The van der Waals surface area contributed by atoms with E-state index in [1.165, 1.54) is 25.6 Å². The molecule has 2 heterocycles. The molecule has 6 nitrogen and oxygen atoms in total. The van der Waals surface area contributed by atoms with Gasteiger partial charge in [-0.3, -0.25) is 19.5 Å². The average Bonchev–Trinajstić information content (AvgIpc) is 3.06. The maximum atomic E-state index is 13.9. The summed E-state index contributed by atoms with van der Waals surface area (Å²) in [4.78, 5) is 31.0. The Morgan fingerprint density at radius 1 is 1.06 bits per heavy atom. The number of benzene rings is 2. The van der Waals surface area contributed by atoms with Crippen molar-refractivity contribution in [3.05, 3.63) is 95.3 Å². The van der Waals surface area contributed by atoms with Crippen LogP contribution < -0.4 is 9.64 Å². The smallest absolute Gasteiger partial charge is 0.300 e. The number of amides is 1. The maximum Gasteiger partial charge on any atom is 0.300 e. The van der Waals surface area contributed by atoms with Gasteiger partial charge in [-0.25, -0.2) is 8.78 Å². The molecule has 0 spiro atoms. The van der Waals surface area contributed by atoms with E-state index in [0.717, 1.165) is 17.0 Å². The van der Waals surface area contributed by atoms with Gasteiger partial charge in [0.15, 0.2) is 11.6 Å². The molecule has 1 N–H and O–H groups in total. The third-order valence-electron chi connectivity index (χ3n) is 4.99. The van der Waals surface area contributed by atoms with Crippen molar-refractivity contribution < 1.29 is 28.2 Å². The summed E-state index contributed by atoms with van der Waals surface area (Å²) < 4.78 is 32.7. The van der Waals surface area contributed by atoms with Crippen molar-refractivity contribution >= 4 is 23.1 Å². The number of anilines is 1. The summed E-state index contributed by atoms with van der Waals surface area (Å²) in [6, 6.07) is 11.5. The van der Waals surface area contributed by atoms with Crippen molar-refractivity contribution in [2.45, 2.75) is 6.04 Å². The van der Waals surface area contributed by atoms with Crippen LogP contribution in [0.4, 0.5) is 14.5 Å². The molecule has 8 heteroatoms. The first-order chi connectivity index (χ1) is 14.9. The minimum absolute atomic E-state index is 0.0334. The number of para-hydroxylation sites is 1. The number of hydrogen-bond acceptors (Lipinski definition) is 5. The van der Waals surface area contributed by atoms with Gasteiger partial charge in [-0.2, -0.15) is 0 Å². The van der Waals surface area contributed by atoms with Crippen LogP contribution in [-0.4, -0.2) is 28.9 Å². The van der Waals surface area contributed by atoms with Crippen LogP contribution in [0.5, 0.6) is 5.75 Å². The number of aromatic nitrogens is 1. The summed E-state index contributed by atoms with van der Waals surface area (Å²) in [6.45, 7) is 0. The van der Waals surface area contributed by atoms with Gasteiger partial charge in [0, 0.05) is 24.1 Å². The Hall–Kier alpha value is -4.07. The zero-order valence-corrected chi connectivity index (χ0v) is 16.3. The van der Waals surface area contributed by atoms with E-state index in [1.54, 1.807) is 36.4 Å². The van der Waals surface area contributed by atoms with Crippen molar-refractivity contribution in [3.8, 4) is 5.75 Å². The number of ether oxygens (including phenoxy) is 1. The SMILES string of the molecule is COc1ccccc1/C(O)=C1\C(=O)C(=O)N(c2ccc(F)c(F)c2)C1c1cccnc1. The van der Waals surface area contributed by atoms with E-state index in [-0.39, 0.29) is 16.8 Å². The monoisotopic (exact) mass is 422 g/mol. The minimum Gasteiger partial charge on any atom is -0.507 e. The summed E-state index contributed by atoms with van der Waals surface area (Å²) in [5.41, 5.74) is 0.367. The molecule has 1 unspecified atom stereocenters. The lowest BCUT2D eigenvalue weighted by Crippen LogP contribution is -2.29. The van der Waals surface area contributed by atoms with Gasteiger partial charge in [0.1, 0.15) is 11.5 Å². The second-order valence-electron chi connectivity index (χ2n) is 6.75. The first-order valence-corrected chi connectivity index (χ1v) is 9.23. The Bertz CT molecular complexity index is 1210. The summed E-state index contributed by atoms with van der Waals surface area (Å²) in [5.74, 6) is -4.38. The number of ketones is 1. The highest BCUT2D eigenvalue weighted by atomic mass is 19.2. The molecular weight excluding hydrogens is 406 g/mol. The van der Waals surface area contributed by atoms with Crippen LogP contribution in [0, 0.1) is 11.6 Å². The molecule has 0 aliphatic carbocycles. The lowest BCUT2D eigenvalue weighted by molar-refractivity contribution is -0.132. The van der Waals surface area contributed by atoms with Crippen LogP contribution in [0.15, 0.2) is 72.6 Å². The number of nitrogens with zero attached hydrogens (tertiary/aromatic N) is 2. The van der Waals surface area contributed by atoms with Gasteiger partial charge in [-0.15, -0.1) is 0 Å². The number of rotatable bonds is 4. The molecule has 1 amide bonds. The highest BCUT2D eigenvalue weighted by Crippen LogP contribution is 2.43. The van der Waals surface area contributed by atoms with Crippen LogP contribution in [0.1, 0.15) is 17.2 Å². The molecule has 1 atom stereocenters. The van der Waals surface area contributed by atoms with E-state index in [1.807, 2.05) is 0 Å². The summed E-state index contributed by atoms with van der Waals surface area (Å²) in [6.07, 6.45) is 2.94. The number of hydrogen-bond donors (Lipinski definition) is 1. The summed E-state index contributed by atoms with van der Waals surface area (Å²) in [5, 5.41) is 11.1. The molecular formula is C23H16F2N2O4. The Labute approximate surface area is 176 Å². The fourth-order valence-electron chi connectivity index (χ4n) is 3.57. The fourth-order valence-corrected chi connectivity index (χ4v) is 3.57. The lowest BCUT2D eigenvalue weighted by atomic mass is 9.96. The van der Waals surface area contributed by atoms with Crippen LogP contribution in [0.2, 0.25) is 0 Å². The van der Waals surface area contributed by atoms with E-state index >= 15 is 0 Å². The van der Waals surface area contributed by atoms with E-state index < -0.39 is 35.1 Å². The van der Waals surface area contributed by atoms with Gasteiger partial charge in [-0.1, -0.05) is 18.2 Å². The van der Waals surface area contributed by atoms with Crippen molar-refractivity contribution in [1.29, 1.82) is 0 Å². The van der Waals surface area contributed by atoms with Gasteiger partial charge < -0.3 is 9.84 Å². The quantitative estimate of drug-likeness (QED) is 0.391. The van der Waals surface area contributed by atoms with Gasteiger partial charge in [0.2, 0.25) is 0 Å². The van der Waals surface area contributed by atoms with Crippen molar-refractivity contribution in [2.75, 3.05) is 12.0 Å². The molecule has 1 aliphatic rings. The molecule has 31 heavy (non-hydrogen) atoms. The molecule has 1 saturated heterocycles. The van der Waals surface area contributed by atoms with Crippen LogP contribution in [-0.2, 0) is 9.59 Å². The number of Topliss-reactive ketones (excluding diaryl/α,β-unsaturated/α-hetero) is 1. The average molecular weight is 422 g/mol. The Morgan fingerprint density at radius 2 is 1.84 bits per heavy atom. The van der Waals surface area contributed by atoms with Crippen molar-refractivity contribution in [1.82, 2.24) is 4.98 Å². The summed E-state index contributed by atoms with van der Waals surface area (Å²) >= 11 is 0. The van der Waals surface area contributed by atoms with E-state index in [2.05, 4.69) is 4.98 Å². The maximum absolute atomic E-state index is 13.9. The number of methoxy groups -OCH3 is 1. The second kappa shape index (κ2) is 7.98. The predicted molar refractivity (Wildman–Crippen MR) is 108 cm³/mol. The Morgan fingerprint density at radius 3 is 2.52 bits per heavy atom. The molecule has 0 bridgehead atoms. The number of pyridine rings is 1. The first kappa shape index (κ1) is 20.2. The van der Waals surface area contributed by atoms with E-state index in [9.17, 15) is 23.5 Å². The van der Waals surface area contributed by atoms with Gasteiger partial charge in [0.25, 0.3) is 11.7 Å². The van der Waals surface area contributed by atoms with Crippen molar-refractivity contribution in [2.24, 2.45) is 0 Å². The number of carbonyl (C=O) groups is 2. The number of carbonyl (C=O) groups excluding carboxylic acids is 2. The van der Waals surface area contributed by atoms with Gasteiger partial charge in [-0.05, 0) is 35.9 Å². The van der Waals surface area contributed by atoms with Gasteiger partial charge >= 0.3 is 0 Å². The van der Waals surface area contributed by atoms with Gasteiger partial charge in [0.05, 0.1) is 24.3 Å². The molecule has 3 aromatic rings. The first-order valence-electron chi connectivity index (χ1n) is 9.23. The van der Waals surface area contributed by atoms with Crippen molar-refractivity contribution in [3.63, 3.8) is 0 Å². The molecule has 156 valence electrons. The Balaban J connectivity index is 1.97. The molecule has 0 saturated carbocycles. The largest absolute Gasteiger partial charge is 0.507 e.